The van der Waals surface area contributed by atoms with Gasteiger partial charge in [-0.2, -0.15) is 0 Å². The molecule has 0 saturated carbocycles. The number of benzene rings is 1. The molecule has 0 saturated heterocycles. The lowest BCUT2D eigenvalue weighted by Gasteiger charge is -2.26. The number of esters is 1. The Morgan fingerprint density at radius 3 is 2.79 bits per heavy atom. The second kappa shape index (κ2) is 4.83. The SMILES string of the molecule is CCOC(=O)[C@]1(C(C)=O)Oc2ccc(Cl)cc2[C@@H]1O. The molecule has 1 N–H and O–H groups in total. The van der Waals surface area contributed by atoms with Gasteiger partial charge in [0.05, 0.1) is 6.61 Å². The van der Waals surface area contributed by atoms with Gasteiger partial charge in [0.2, 0.25) is 0 Å². The van der Waals surface area contributed by atoms with Crippen LogP contribution in [-0.2, 0) is 14.3 Å². The van der Waals surface area contributed by atoms with E-state index >= 15 is 0 Å². The summed E-state index contributed by atoms with van der Waals surface area (Å²) in [6.45, 7) is 2.87. The molecule has 19 heavy (non-hydrogen) atoms. The summed E-state index contributed by atoms with van der Waals surface area (Å²) in [5.41, 5.74) is -1.74. The Hall–Kier alpha value is -1.59. The maximum atomic E-state index is 12.0. The first-order valence-electron chi connectivity index (χ1n) is 5.78. The van der Waals surface area contributed by atoms with Crippen molar-refractivity contribution in [1.29, 1.82) is 0 Å². The molecule has 6 heteroatoms. The number of rotatable bonds is 3. The minimum atomic E-state index is -2.04. The molecule has 0 amide bonds. The maximum Gasteiger partial charge on any atom is 0.361 e. The molecule has 5 nitrogen and oxygen atoms in total. The van der Waals surface area contributed by atoms with Gasteiger partial charge in [-0.3, -0.25) is 4.79 Å². The van der Waals surface area contributed by atoms with E-state index in [2.05, 4.69) is 0 Å². The molecule has 1 aromatic rings. The van der Waals surface area contributed by atoms with Crippen LogP contribution >= 0.6 is 11.6 Å². The van der Waals surface area contributed by atoms with Crippen LogP contribution in [-0.4, -0.2) is 29.1 Å². The Morgan fingerprint density at radius 1 is 1.53 bits per heavy atom. The van der Waals surface area contributed by atoms with E-state index < -0.39 is 23.5 Å². The molecule has 1 aliphatic rings. The number of carbonyl (C=O) groups excluding carboxylic acids is 2. The monoisotopic (exact) mass is 284 g/mol. The number of carbonyl (C=O) groups is 2. The fourth-order valence-electron chi connectivity index (χ4n) is 2.07. The molecule has 0 bridgehead atoms. The van der Waals surface area contributed by atoms with Crippen molar-refractivity contribution in [3.8, 4) is 5.75 Å². The number of Topliss-reactive ketones (excluding diaryl/α,β-unsaturated/α-hetero) is 1. The van der Waals surface area contributed by atoms with Crippen LogP contribution < -0.4 is 4.74 Å². The predicted octanol–water partition coefficient (Wildman–Crippen LogP) is 1.66. The zero-order chi connectivity index (χ0) is 14.2. The van der Waals surface area contributed by atoms with E-state index in [4.69, 9.17) is 21.1 Å². The van der Waals surface area contributed by atoms with Gasteiger partial charge in [0.1, 0.15) is 11.9 Å². The summed E-state index contributed by atoms with van der Waals surface area (Å²) in [5, 5.41) is 10.7. The summed E-state index contributed by atoms with van der Waals surface area (Å²) in [6, 6.07) is 4.52. The third-order valence-electron chi connectivity index (χ3n) is 3.02. The smallest absolute Gasteiger partial charge is 0.361 e. The Morgan fingerprint density at radius 2 is 2.21 bits per heavy atom. The molecule has 1 aromatic carbocycles. The minimum absolute atomic E-state index is 0.0844. The number of hydrogen-bond acceptors (Lipinski definition) is 5. The molecule has 2 atom stereocenters. The summed E-state index contributed by atoms with van der Waals surface area (Å²) in [7, 11) is 0. The third kappa shape index (κ3) is 1.99. The van der Waals surface area contributed by atoms with E-state index in [1.54, 1.807) is 13.0 Å². The fraction of sp³-hybridized carbons (Fsp3) is 0.385. The second-order valence-electron chi connectivity index (χ2n) is 4.20. The van der Waals surface area contributed by atoms with Gasteiger partial charge < -0.3 is 14.6 Å². The Kier molecular flexibility index (Phi) is 3.52. The number of hydrogen-bond donors (Lipinski definition) is 1. The average molecular weight is 285 g/mol. The fourth-order valence-corrected chi connectivity index (χ4v) is 2.25. The molecule has 1 aliphatic heterocycles. The first-order chi connectivity index (χ1) is 8.93. The van der Waals surface area contributed by atoms with Gasteiger partial charge in [0.15, 0.2) is 5.78 Å². The second-order valence-corrected chi connectivity index (χ2v) is 4.64. The van der Waals surface area contributed by atoms with Crippen molar-refractivity contribution in [3.63, 3.8) is 0 Å². The van der Waals surface area contributed by atoms with Crippen molar-refractivity contribution in [3.05, 3.63) is 28.8 Å². The van der Waals surface area contributed by atoms with E-state index in [9.17, 15) is 14.7 Å². The standard InChI is InChI=1S/C13H13ClO5/c1-3-18-12(17)13(7(2)15)11(16)9-6-8(14)4-5-10(9)19-13/h4-6,11,16H,3H2,1-2H3/t11-,13+/m0/s1. The van der Waals surface area contributed by atoms with Crippen molar-refractivity contribution in [2.45, 2.75) is 25.6 Å². The Balaban J connectivity index is 2.50. The van der Waals surface area contributed by atoms with E-state index in [0.29, 0.717) is 10.6 Å². The van der Waals surface area contributed by atoms with E-state index in [-0.39, 0.29) is 12.4 Å². The highest BCUT2D eigenvalue weighted by atomic mass is 35.5. The normalized spacial score (nSPS) is 24.5. The van der Waals surface area contributed by atoms with Crippen LogP contribution in [0.15, 0.2) is 18.2 Å². The molecule has 0 aromatic heterocycles. The van der Waals surface area contributed by atoms with E-state index in [0.717, 1.165) is 0 Å². The largest absolute Gasteiger partial charge is 0.464 e. The Bertz CT molecular complexity index is 542. The summed E-state index contributed by atoms with van der Waals surface area (Å²) in [5.74, 6) is -1.27. The number of fused-ring (bicyclic) bond motifs is 1. The highest BCUT2D eigenvalue weighted by molar-refractivity contribution is 6.30. The molecule has 0 spiro atoms. The van der Waals surface area contributed by atoms with Crippen molar-refractivity contribution in [1.82, 2.24) is 0 Å². The zero-order valence-corrected chi connectivity index (χ0v) is 11.2. The molecule has 2 rings (SSSR count). The number of ether oxygens (including phenoxy) is 2. The van der Waals surface area contributed by atoms with Crippen LogP contribution in [0.2, 0.25) is 5.02 Å². The van der Waals surface area contributed by atoms with Gasteiger partial charge in [0.25, 0.3) is 5.60 Å². The molecule has 0 fully saturated rings. The molecule has 0 unspecified atom stereocenters. The van der Waals surface area contributed by atoms with E-state index in [1.807, 2.05) is 0 Å². The van der Waals surface area contributed by atoms with Gasteiger partial charge in [0, 0.05) is 10.6 Å². The van der Waals surface area contributed by atoms with Crippen LogP contribution in [0.25, 0.3) is 0 Å². The summed E-state index contributed by atoms with van der Waals surface area (Å²) >= 11 is 5.83. The van der Waals surface area contributed by atoms with Crippen LogP contribution in [0.5, 0.6) is 5.75 Å². The average Bonchev–Trinajstić information content (AvgIpc) is 2.64. The zero-order valence-electron chi connectivity index (χ0n) is 10.5. The van der Waals surface area contributed by atoms with Crippen molar-refractivity contribution in [2.75, 3.05) is 6.61 Å². The van der Waals surface area contributed by atoms with Gasteiger partial charge >= 0.3 is 5.97 Å². The van der Waals surface area contributed by atoms with Crippen LogP contribution in [0.1, 0.15) is 25.5 Å². The molecular weight excluding hydrogens is 272 g/mol. The number of ketones is 1. The van der Waals surface area contributed by atoms with Crippen LogP contribution in [0.4, 0.5) is 0 Å². The highest BCUT2D eigenvalue weighted by Gasteiger charge is 2.59. The quantitative estimate of drug-likeness (QED) is 0.675. The van der Waals surface area contributed by atoms with Gasteiger partial charge in [-0.15, -0.1) is 0 Å². The lowest BCUT2D eigenvalue weighted by Crippen LogP contribution is -2.53. The van der Waals surface area contributed by atoms with Crippen molar-refractivity contribution < 1.29 is 24.2 Å². The first-order valence-corrected chi connectivity index (χ1v) is 6.16. The molecule has 0 aliphatic carbocycles. The molecule has 1 heterocycles. The lowest BCUT2D eigenvalue weighted by atomic mass is 9.90. The minimum Gasteiger partial charge on any atom is -0.464 e. The highest BCUT2D eigenvalue weighted by Crippen LogP contribution is 2.45. The number of aliphatic hydroxyl groups excluding tert-OH is 1. The van der Waals surface area contributed by atoms with Gasteiger partial charge in [-0.05, 0) is 32.0 Å². The molecule has 102 valence electrons. The molecular formula is C13H13ClO5. The first kappa shape index (κ1) is 13.8. The third-order valence-corrected chi connectivity index (χ3v) is 3.26. The van der Waals surface area contributed by atoms with Gasteiger partial charge in [-0.25, -0.2) is 4.79 Å². The summed E-state index contributed by atoms with van der Waals surface area (Å²) in [6.07, 6.45) is -1.43. The maximum absolute atomic E-state index is 12.0. The summed E-state index contributed by atoms with van der Waals surface area (Å²) in [4.78, 5) is 23.8. The van der Waals surface area contributed by atoms with Crippen molar-refractivity contribution in [2.24, 2.45) is 0 Å². The number of halogens is 1. The van der Waals surface area contributed by atoms with E-state index in [1.165, 1.54) is 19.1 Å². The van der Waals surface area contributed by atoms with Crippen LogP contribution in [0.3, 0.4) is 0 Å². The van der Waals surface area contributed by atoms with Crippen LogP contribution in [0, 0.1) is 0 Å². The number of aliphatic hydroxyl groups is 1. The molecule has 0 radical (unpaired) electrons. The predicted molar refractivity (Wildman–Crippen MR) is 67.1 cm³/mol. The lowest BCUT2D eigenvalue weighted by molar-refractivity contribution is -0.173. The van der Waals surface area contributed by atoms with Gasteiger partial charge in [-0.1, -0.05) is 11.6 Å². The summed E-state index contributed by atoms with van der Waals surface area (Å²) < 4.78 is 10.2. The Labute approximate surface area is 115 Å². The van der Waals surface area contributed by atoms with Crippen molar-refractivity contribution >= 4 is 23.4 Å². The topological polar surface area (TPSA) is 72.8 Å².